The summed E-state index contributed by atoms with van der Waals surface area (Å²) in [6.45, 7) is 9.51. The molecule has 0 spiro atoms. The zero-order valence-corrected chi connectivity index (χ0v) is 9.91. The van der Waals surface area contributed by atoms with E-state index in [-0.39, 0.29) is 0 Å². The fourth-order valence-electron chi connectivity index (χ4n) is 3.17. The molecule has 0 amide bonds. The summed E-state index contributed by atoms with van der Waals surface area (Å²) >= 11 is 0. The van der Waals surface area contributed by atoms with Gasteiger partial charge in [0.2, 0.25) is 0 Å². The van der Waals surface area contributed by atoms with Crippen LogP contribution in [0.2, 0.25) is 0 Å². The second-order valence-corrected chi connectivity index (χ2v) is 5.83. The van der Waals surface area contributed by atoms with Crippen LogP contribution in [0.4, 0.5) is 0 Å². The van der Waals surface area contributed by atoms with Crippen LogP contribution in [0, 0.1) is 11.3 Å². The highest BCUT2D eigenvalue weighted by atomic mass is 14.9. The third-order valence-electron chi connectivity index (χ3n) is 3.63. The molecular formula is C12H25N. The lowest BCUT2D eigenvalue weighted by Crippen LogP contribution is -2.49. The predicted molar refractivity (Wildman–Crippen MR) is 58.9 cm³/mol. The Morgan fingerprint density at radius 3 is 2.31 bits per heavy atom. The molecule has 2 atom stereocenters. The van der Waals surface area contributed by atoms with Crippen molar-refractivity contribution in [1.29, 1.82) is 0 Å². The van der Waals surface area contributed by atoms with E-state index < -0.39 is 0 Å². The zero-order chi connectivity index (χ0) is 10.1. The zero-order valence-electron chi connectivity index (χ0n) is 9.91. The maximum absolute atomic E-state index is 3.50. The Morgan fingerprint density at radius 2 is 1.85 bits per heavy atom. The van der Waals surface area contributed by atoms with Gasteiger partial charge in [-0.15, -0.1) is 0 Å². The smallest absolute Gasteiger partial charge is 0.0158 e. The van der Waals surface area contributed by atoms with Crippen LogP contribution in [-0.2, 0) is 0 Å². The lowest BCUT2D eigenvalue weighted by Gasteiger charge is -2.46. The molecule has 0 aromatic carbocycles. The minimum atomic E-state index is 0.377. The number of rotatable bonds is 2. The van der Waals surface area contributed by atoms with Crippen molar-refractivity contribution < 1.29 is 0 Å². The Morgan fingerprint density at radius 1 is 1.23 bits per heavy atom. The highest BCUT2D eigenvalue weighted by Crippen LogP contribution is 2.44. The van der Waals surface area contributed by atoms with Gasteiger partial charge in [0.05, 0.1) is 0 Å². The van der Waals surface area contributed by atoms with Gasteiger partial charge in [-0.05, 0) is 44.6 Å². The Balaban J connectivity index is 2.71. The van der Waals surface area contributed by atoms with Crippen molar-refractivity contribution in [3.8, 4) is 0 Å². The van der Waals surface area contributed by atoms with E-state index in [2.05, 4.69) is 40.1 Å². The normalized spacial score (nSPS) is 39.0. The lowest BCUT2D eigenvalue weighted by molar-refractivity contribution is 0.0889. The van der Waals surface area contributed by atoms with Crippen molar-refractivity contribution in [3.05, 3.63) is 0 Å². The topological polar surface area (TPSA) is 12.0 Å². The Kier molecular flexibility index (Phi) is 3.06. The van der Waals surface area contributed by atoms with Crippen molar-refractivity contribution in [2.24, 2.45) is 11.3 Å². The van der Waals surface area contributed by atoms with Crippen LogP contribution in [0.15, 0.2) is 0 Å². The Labute approximate surface area is 83.3 Å². The summed E-state index contributed by atoms with van der Waals surface area (Å²) in [5.41, 5.74) is 0.902. The molecule has 1 aliphatic rings. The molecule has 0 aromatic heterocycles. The molecule has 78 valence electrons. The number of hydrogen-bond acceptors (Lipinski definition) is 1. The summed E-state index contributed by atoms with van der Waals surface area (Å²) in [5, 5.41) is 3.50. The van der Waals surface area contributed by atoms with Crippen molar-refractivity contribution in [1.82, 2.24) is 5.32 Å². The van der Waals surface area contributed by atoms with Crippen LogP contribution in [0.5, 0.6) is 0 Å². The Bertz CT molecular complexity index is 174. The molecule has 0 heterocycles. The largest absolute Gasteiger partial charge is 0.315 e. The van der Waals surface area contributed by atoms with Crippen LogP contribution in [0.1, 0.15) is 53.4 Å². The summed E-state index contributed by atoms with van der Waals surface area (Å²) in [6.07, 6.45) is 5.40. The molecule has 0 bridgehead atoms. The first-order valence-electron chi connectivity index (χ1n) is 5.60. The van der Waals surface area contributed by atoms with E-state index in [4.69, 9.17) is 0 Å². The van der Waals surface area contributed by atoms with Crippen molar-refractivity contribution in [3.63, 3.8) is 0 Å². The minimum absolute atomic E-state index is 0.377. The van der Waals surface area contributed by atoms with Gasteiger partial charge in [0.1, 0.15) is 0 Å². The van der Waals surface area contributed by atoms with Crippen LogP contribution in [-0.4, -0.2) is 12.6 Å². The van der Waals surface area contributed by atoms with Crippen molar-refractivity contribution >= 4 is 0 Å². The highest BCUT2D eigenvalue weighted by molar-refractivity contribution is 4.95. The quantitative estimate of drug-likeness (QED) is 0.693. The van der Waals surface area contributed by atoms with E-state index in [0.717, 1.165) is 5.92 Å². The summed E-state index contributed by atoms with van der Waals surface area (Å²) in [5.74, 6) is 0.918. The molecule has 13 heavy (non-hydrogen) atoms. The Hall–Kier alpha value is -0.0400. The van der Waals surface area contributed by atoms with Crippen molar-refractivity contribution in [2.75, 3.05) is 7.05 Å². The molecule has 1 nitrogen and oxygen atoms in total. The molecule has 0 radical (unpaired) electrons. The van der Waals surface area contributed by atoms with Gasteiger partial charge in [-0.3, -0.25) is 0 Å². The highest BCUT2D eigenvalue weighted by Gasteiger charge is 2.39. The number of hydrogen-bond donors (Lipinski definition) is 1. The first-order valence-corrected chi connectivity index (χ1v) is 5.60. The second-order valence-electron chi connectivity index (χ2n) is 5.83. The molecule has 0 saturated heterocycles. The summed E-state index contributed by atoms with van der Waals surface area (Å²) in [4.78, 5) is 0. The van der Waals surface area contributed by atoms with Crippen molar-refractivity contribution in [2.45, 2.75) is 58.9 Å². The van der Waals surface area contributed by atoms with Crippen LogP contribution in [0.25, 0.3) is 0 Å². The molecule has 1 saturated carbocycles. The van der Waals surface area contributed by atoms with Gasteiger partial charge in [-0.2, -0.15) is 0 Å². The molecule has 2 unspecified atom stereocenters. The van der Waals surface area contributed by atoms with E-state index in [1.54, 1.807) is 0 Å². The molecule has 1 fully saturated rings. The third kappa shape index (κ3) is 2.70. The number of nitrogens with one attached hydrogen (secondary N) is 1. The van der Waals surface area contributed by atoms with Gasteiger partial charge in [0.15, 0.2) is 0 Å². The van der Waals surface area contributed by atoms with E-state index in [1.807, 2.05) is 0 Å². The van der Waals surface area contributed by atoms with Gasteiger partial charge >= 0.3 is 0 Å². The van der Waals surface area contributed by atoms with E-state index in [1.165, 1.54) is 25.7 Å². The van der Waals surface area contributed by atoms with Gasteiger partial charge in [0.25, 0.3) is 0 Å². The summed E-state index contributed by atoms with van der Waals surface area (Å²) in [6, 6.07) is 0. The predicted octanol–water partition coefficient (Wildman–Crippen LogP) is 3.20. The summed E-state index contributed by atoms with van der Waals surface area (Å²) < 4.78 is 0. The third-order valence-corrected chi connectivity index (χ3v) is 3.63. The van der Waals surface area contributed by atoms with Crippen LogP contribution >= 0.6 is 0 Å². The fraction of sp³-hybridized carbons (Fsp3) is 1.00. The van der Waals surface area contributed by atoms with Gasteiger partial charge in [0, 0.05) is 5.54 Å². The average Bonchev–Trinajstić information content (AvgIpc) is 2.01. The first-order chi connectivity index (χ1) is 5.91. The average molecular weight is 183 g/mol. The van der Waals surface area contributed by atoms with Gasteiger partial charge in [-0.1, -0.05) is 27.2 Å². The lowest BCUT2D eigenvalue weighted by atomic mass is 9.64. The molecule has 1 N–H and O–H groups in total. The molecule has 1 aliphatic carbocycles. The van der Waals surface area contributed by atoms with Gasteiger partial charge in [-0.25, -0.2) is 0 Å². The minimum Gasteiger partial charge on any atom is -0.315 e. The van der Waals surface area contributed by atoms with E-state index in [9.17, 15) is 0 Å². The standard InChI is InChI=1S/C12H25N/c1-6-10-7-11(2,3)9-12(4,8-10)13-5/h10,13H,6-9H2,1-5H3. The van der Waals surface area contributed by atoms with Gasteiger partial charge < -0.3 is 5.32 Å². The van der Waals surface area contributed by atoms with E-state index in [0.29, 0.717) is 11.0 Å². The fourth-order valence-corrected chi connectivity index (χ4v) is 3.17. The van der Waals surface area contributed by atoms with Crippen LogP contribution in [0.3, 0.4) is 0 Å². The first kappa shape index (κ1) is 11.0. The molecular weight excluding hydrogens is 158 g/mol. The second kappa shape index (κ2) is 3.61. The molecule has 0 aliphatic heterocycles. The molecule has 1 rings (SSSR count). The maximum Gasteiger partial charge on any atom is 0.0158 e. The SMILES string of the molecule is CCC1CC(C)(C)CC(C)(NC)C1. The summed E-state index contributed by atoms with van der Waals surface area (Å²) in [7, 11) is 2.11. The van der Waals surface area contributed by atoms with Crippen LogP contribution < -0.4 is 5.32 Å². The van der Waals surface area contributed by atoms with E-state index >= 15 is 0 Å². The monoisotopic (exact) mass is 183 g/mol. The molecule has 1 heteroatoms. The molecule has 0 aromatic rings. The maximum atomic E-state index is 3.50.